The average Bonchev–Trinajstić information content (AvgIpc) is 0.924. The largest absolute Gasteiger partial charge is 0.472 e. The standard InChI is InChI=1S/C83H152O17P2/c1-5-9-13-17-21-25-29-33-36-37-38-39-42-45-48-52-56-60-64-68-81(86)94-74-79(100-83(88)70-66-62-58-54-50-46-41-35-31-27-23-19-15-11-7-3)76-98-102(91,92)96-72-77(84)71-95-101(89,90)97-75-78(99-82(87)69-65-61-57-53-49-43-32-28-24-20-16-12-8-4)73-93-80(85)67-63-59-55-51-47-44-40-34-30-26-22-18-14-10-6-2/h21,25,28,32-34,36,38-40,77-79,84H,5-20,22-24,26-27,29-31,35,37,41-76H2,1-4H3,(H,89,90)(H,91,92)/b25-21-,32-28-,36-33-,39-38-,40-34-. The van der Waals surface area contributed by atoms with E-state index in [0.29, 0.717) is 25.7 Å². The quantitative estimate of drug-likeness (QED) is 0.0169. The van der Waals surface area contributed by atoms with Gasteiger partial charge in [-0.25, -0.2) is 9.13 Å². The van der Waals surface area contributed by atoms with Gasteiger partial charge in [-0.05, 0) is 116 Å². The summed E-state index contributed by atoms with van der Waals surface area (Å²) >= 11 is 0. The van der Waals surface area contributed by atoms with Gasteiger partial charge in [0.2, 0.25) is 0 Å². The Balaban J connectivity index is 5.32. The maximum Gasteiger partial charge on any atom is 0.472 e. The first-order valence-electron chi connectivity index (χ1n) is 41.5. The number of ether oxygens (including phenoxy) is 4. The number of aliphatic hydroxyl groups is 1. The number of phosphoric ester groups is 2. The van der Waals surface area contributed by atoms with Crippen LogP contribution < -0.4 is 0 Å². The van der Waals surface area contributed by atoms with E-state index >= 15 is 0 Å². The SMILES string of the molecule is CCCCC/C=C\C/C=C\C/C=C\CCCCCCCCC(=O)OCC(COP(=O)(O)OCC(O)COP(=O)(O)OCC(COC(=O)CCCCCCC/C=C\CCCCCCCC)OC(=O)CCCCCCC/C=C\CCCCCC)OC(=O)CCCCCCCCCCCCCCCCC. The molecular weight excluding hydrogens is 1330 g/mol. The van der Waals surface area contributed by atoms with Crippen LogP contribution >= 0.6 is 15.6 Å². The minimum absolute atomic E-state index is 0.0877. The molecule has 596 valence electrons. The van der Waals surface area contributed by atoms with Gasteiger partial charge in [0, 0.05) is 25.7 Å². The highest BCUT2D eigenvalue weighted by Gasteiger charge is 2.30. The first kappa shape index (κ1) is 98.8. The van der Waals surface area contributed by atoms with Crippen LogP contribution in [0.2, 0.25) is 0 Å². The summed E-state index contributed by atoms with van der Waals surface area (Å²) in [7, 11) is -9.95. The van der Waals surface area contributed by atoms with Crippen molar-refractivity contribution >= 4 is 39.5 Å². The first-order chi connectivity index (χ1) is 49.7. The van der Waals surface area contributed by atoms with Crippen molar-refractivity contribution in [2.75, 3.05) is 39.6 Å². The number of allylic oxidation sites excluding steroid dienone is 10. The molecule has 0 bridgehead atoms. The zero-order chi connectivity index (χ0) is 74.6. The molecule has 0 spiro atoms. The van der Waals surface area contributed by atoms with Crippen molar-refractivity contribution in [2.24, 2.45) is 0 Å². The molecule has 3 N–H and O–H groups in total. The third-order valence-electron chi connectivity index (χ3n) is 18.0. The molecule has 0 fully saturated rings. The van der Waals surface area contributed by atoms with Crippen LogP contribution in [-0.4, -0.2) is 96.7 Å². The fourth-order valence-corrected chi connectivity index (χ4v) is 13.2. The molecule has 19 heteroatoms. The molecule has 5 atom stereocenters. The molecule has 17 nitrogen and oxygen atoms in total. The van der Waals surface area contributed by atoms with Crippen molar-refractivity contribution in [2.45, 2.75) is 406 Å². The van der Waals surface area contributed by atoms with Crippen molar-refractivity contribution < 1.29 is 80.2 Å². The van der Waals surface area contributed by atoms with E-state index in [4.69, 9.17) is 37.0 Å². The van der Waals surface area contributed by atoms with Crippen LogP contribution in [0.4, 0.5) is 0 Å². The molecule has 0 heterocycles. The van der Waals surface area contributed by atoms with E-state index in [9.17, 15) is 43.2 Å². The summed E-state index contributed by atoms with van der Waals surface area (Å²) < 4.78 is 68.7. The second kappa shape index (κ2) is 76.0. The Morgan fingerprint density at radius 3 is 0.775 bits per heavy atom. The zero-order valence-electron chi connectivity index (χ0n) is 65.3. The molecule has 0 aliphatic carbocycles. The molecule has 0 aliphatic rings. The summed E-state index contributed by atoms with van der Waals surface area (Å²) in [6.07, 6.45) is 76.1. The molecule has 0 aromatic heterocycles. The number of rotatable bonds is 79. The average molecular weight is 1480 g/mol. The minimum atomic E-state index is -4.97. The van der Waals surface area contributed by atoms with E-state index in [1.54, 1.807) is 0 Å². The Kier molecular flexibility index (Phi) is 73.6. The summed E-state index contributed by atoms with van der Waals surface area (Å²) in [6.45, 7) is 4.88. The highest BCUT2D eigenvalue weighted by Crippen LogP contribution is 2.45. The Bertz CT molecular complexity index is 2170. The summed E-state index contributed by atoms with van der Waals surface area (Å²) in [4.78, 5) is 73.1. The number of hydrogen-bond acceptors (Lipinski definition) is 15. The zero-order valence-corrected chi connectivity index (χ0v) is 67.1. The molecule has 0 aromatic rings. The number of esters is 4. The van der Waals surface area contributed by atoms with E-state index < -0.39 is 97.5 Å². The lowest BCUT2D eigenvalue weighted by atomic mass is 10.0. The topological polar surface area (TPSA) is 237 Å². The normalized spacial score (nSPS) is 14.1. The number of carbonyl (C=O) groups is 4. The number of phosphoric acid groups is 2. The number of carbonyl (C=O) groups excluding carboxylic acids is 4. The van der Waals surface area contributed by atoms with Gasteiger partial charge in [-0.3, -0.25) is 37.3 Å². The molecule has 5 unspecified atom stereocenters. The van der Waals surface area contributed by atoms with Gasteiger partial charge in [-0.15, -0.1) is 0 Å². The summed E-state index contributed by atoms with van der Waals surface area (Å²) in [5.41, 5.74) is 0. The summed E-state index contributed by atoms with van der Waals surface area (Å²) in [5.74, 6) is -2.17. The molecule has 0 rings (SSSR count). The van der Waals surface area contributed by atoms with Crippen molar-refractivity contribution in [1.82, 2.24) is 0 Å². The Morgan fingerprint density at radius 2 is 0.480 bits per heavy atom. The predicted molar refractivity (Wildman–Crippen MR) is 418 cm³/mol. The van der Waals surface area contributed by atoms with Gasteiger partial charge in [-0.2, -0.15) is 0 Å². The van der Waals surface area contributed by atoms with Crippen LogP contribution in [0.25, 0.3) is 0 Å². The Hall–Kier alpha value is -3.24. The molecule has 0 saturated carbocycles. The third kappa shape index (κ3) is 75.0. The number of unbranched alkanes of at least 4 members (excludes halogenated alkanes) is 43. The fraction of sp³-hybridized carbons (Fsp3) is 0.831. The lowest BCUT2D eigenvalue weighted by Crippen LogP contribution is -2.30. The van der Waals surface area contributed by atoms with Gasteiger partial charge in [0.05, 0.1) is 26.4 Å². The van der Waals surface area contributed by atoms with Crippen LogP contribution in [0.3, 0.4) is 0 Å². The summed E-state index contributed by atoms with van der Waals surface area (Å²) in [5, 5.41) is 10.6. The van der Waals surface area contributed by atoms with Crippen LogP contribution in [0.15, 0.2) is 60.8 Å². The van der Waals surface area contributed by atoms with E-state index in [1.165, 1.54) is 148 Å². The molecule has 102 heavy (non-hydrogen) atoms. The lowest BCUT2D eigenvalue weighted by molar-refractivity contribution is -0.161. The van der Waals surface area contributed by atoms with Crippen molar-refractivity contribution in [3.05, 3.63) is 60.8 Å². The van der Waals surface area contributed by atoms with Crippen LogP contribution in [0.5, 0.6) is 0 Å². The van der Waals surface area contributed by atoms with Crippen molar-refractivity contribution in [3.63, 3.8) is 0 Å². The molecule has 0 amide bonds. The van der Waals surface area contributed by atoms with Gasteiger partial charge in [0.25, 0.3) is 0 Å². The van der Waals surface area contributed by atoms with Crippen molar-refractivity contribution in [3.8, 4) is 0 Å². The molecule has 0 aliphatic heterocycles. The Labute approximate surface area is 622 Å². The monoisotopic (exact) mass is 1480 g/mol. The highest BCUT2D eigenvalue weighted by atomic mass is 31.2. The molecular formula is C83H152O17P2. The van der Waals surface area contributed by atoms with Gasteiger partial charge < -0.3 is 33.8 Å². The predicted octanol–water partition coefficient (Wildman–Crippen LogP) is 24.2. The highest BCUT2D eigenvalue weighted by molar-refractivity contribution is 7.47. The molecule has 0 aromatic carbocycles. The minimum Gasteiger partial charge on any atom is -0.462 e. The van der Waals surface area contributed by atoms with Crippen molar-refractivity contribution in [1.29, 1.82) is 0 Å². The van der Waals surface area contributed by atoms with Gasteiger partial charge in [0.1, 0.15) is 19.3 Å². The van der Waals surface area contributed by atoms with E-state index in [0.717, 1.165) is 161 Å². The summed E-state index contributed by atoms with van der Waals surface area (Å²) in [6, 6.07) is 0. The van der Waals surface area contributed by atoms with Gasteiger partial charge >= 0.3 is 39.5 Å². The van der Waals surface area contributed by atoms with Gasteiger partial charge in [0.15, 0.2) is 12.2 Å². The second-order valence-corrected chi connectivity index (χ2v) is 31.0. The number of aliphatic hydroxyl groups excluding tert-OH is 1. The number of hydrogen-bond donors (Lipinski definition) is 3. The van der Waals surface area contributed by atoms with E-state index in [-0.39, 0.29) is 25.7 Å². The maximum absolute atomic E-state index is 13.1. The van der Waals surface area contributed by atoms with Gasteiger partial charge in [-0.1, -0.05) is 307 Å². The first-order valence-corrected chi connectivity index (χ1v) is 44.5. The second-order valence-electron chi connectivity index (χ2n) is 28.1. The van der Waals surface area contributed by atoms with Crippen LogP contribution in [0.1, 0.15) is 387 Å². The molecule has 0 radical (unpaired) electrons. The van der Waals surface area contributed by atoms with E-state index in [2.05, 4.69) is 88.5 Å². The van der Waals surface area contributed by atoms with E-state index in [1.807, 2.05) is 0 Å². The fourth-order valence-electron chi connectivity index (χ4n) is 11.6. The van der Waals surface area contributed by atoms with Crippen LogP contribution in [0, 0.1) is 0 Å². The Morgan fingerprint density at radius 1 is 0.275 bits per heavy atom. The smallest absolute Gasteiger partial charge is 0.462 e. The third-order valence-corrected chi connectivity index (χ3v) is 19.9. The van der Waals surface area contributed by atoms with Crippen LogP contribution in [-0.2, 0) is 65.4 Å². The molecule has 0 saturated heterocycles. The maximum atomic E-state index is 13.1. The lowest BCUT2D eigenvalue weighted by Gasteiger charge is -2.21.